The molecular formula is C18H28N2O4S2. The number of piperidine rings is 1. The first-order valence-electron chi connectivity index (χ1n) is 9.22. The molecule has 0 unspecified atom stereocenters. The summed E-state index contributed by atoms with van der Waals surface area (Å²) in [6, 6.07) is 4.96. The average molecular weight is 401 g/mol. The lowest BCUT2D eigenvalue weighted by molar-refractivity contribution is 0.222. The Morgan fingerprint density at radius 2 is 1.73 bits per heavy atom. The number of anilines is 1. The van der Waals surface area contributed by atoms with E-state index < -0.39 is 20.0 Å². The van der Waals surface area contributed by atoms with Crippen LogP contribution in [0, 0.1) is 18.8 Å². The summed E-state index contributed by atoms with van der Waals surface area (Å²) in [5, 5.41) is 0. The average Bonchev–Trinajstić information content (AvgIpc) is 2.54. The molecule has 2 atom stereocenters. The molecule has 0 bridgehead atoms. The summed E-state index contributed by atoms with van der Waals surface area (Å²) in [6.45, 7) is 7.33. The minimum absolute atomic E-state index is 0.115. The molecule has 0 saturated carbocycles. The zero-order chi connectivity index (χ0) is 19.1. The van der Waals surface area contributed by atoms with Crippen molar-refractivity contribution in [3.8, 4) is 0 Å². The molecule has 2 fully saturated rings. The zero-order valence-electron chi connectivity index (χ0n) is 15.7. The van der Waals surface area contributed by atoms with Gasteiger partial charge in [0.1, 0.15) is 0 Å². The Morgan fingerprint density at radius 1 is 1.08 bits per heavy atom. The van der Waals surface area contributed by atoms with Crippen molar-refractivity contribution in [1.29, 1.82) is 0 Å². The van der Waals surface area contributed by atoms with Crippen LogP contribution in [0.4, 0.5) is 5.69 Å². The van der Waals surface area contributed by atoms with Gasteiger partial charge in [0.2, 0.25) is 20.0 Å². The highest BCUT2D eigenvalue weighted by Crippen LogP contribution is 2.32. The van der Waals surface area contributed by atoms with Gasteiger partial charge in [0.25, 0.3) is 0 Å². The van der Waals surface area contributed by atoms with E-state index in [9.17, 15) is 16.8 Å². The predicted molar refractivity (Wildman–Crippen MR) is 103 cm³/mol. The number of hydrogen-bond donors (Lipinski definition) is 0. The number of aryl methyl sites for hydroxylation is 1. The van der Waals surface area contributed by atoms with Gasteiger partial charge in [0, 0.05) is 19.6 Å². The summed E-state index contributed by atoms with van der Waals surface area (Å²) in [5.41, 5.74) is 1.10. The molecule has 2 aliphatic rings. The Kier molecular flexibility index (Phi) is 5.38. The molecule has 8 heteroatoms. The number of sulfonamides is 2. The third-order valence-corrected chi connectivity index (χ3v) is 9.11. The van der Waals surface area contributed by atoms with Gasteiger partial charge in [-0.2, -0.15) is 4.31 Å². The summed E-state index contributed by atoms with van der Waals surface area (Å²) >= 11 is 0. The second-order valence-corrected chi connectivity index (χ2v) is 11.7. The molecule has 0 N–H and O–H groups in total. The highest BCUT2D eigenvalue weighted by molar-refractivity contribution is 7.92. The molecule has 1 aromatic carbocycles. The van der Waals surface area contributed by atoms with E-state index in [4.69, 9.17) is 0 Å². The minimum atomic E-state index is -3.65. The summed E-state index contributed by atoms with van der Waals surface area (Å²) in [7, 11) is -7.01. The standard InChI is InChI=1S/C18H28N2O4S2/c1-14-10-15(2)13-19(12-14)26(23,24)18-11-17(7-6-16(18)3)20-8-4-5-9-25(20,21)22/h6-7,11,14-15H,4-5,8-10,12-13H2,1-3H3/t14-,15+. The molecule has 2 aliphatic heterocycles. The largest absolute Gasteiger partial charge is 0.270 e. The monoisotopic (exact) mass is 400 g/mol. The van der Waals surface area contributed by atoms with Crippen molar-refractivity contribution in [1.82, 2.24) is 4.31 Å². The number of benzene rings is 1. The fourth-order valence-corrected chi connectivity index (χ4v) is 7.60. The van der Waals surface area contributed by atoms with Gasteiger partial charge in [0.15, 0.2) is 0 Å². The van der Waals surface area contributed by atoms with Crippen molar-refractivity contribution in [2.75, 3.05) is 29.7 Å². The second-order valence-electron chi connectivity index (χ2n) is 7.81. The molecule has 2 heterocycles. The maximum atomic E-state index is 13.3. The van der Waals surface area contributed by atoms with Crippen LogP contribution in [0.3, 0.4) is 0 Å². The molecule has 26 heavy (non-hydrogen) atoms. The molecule has 0 spiro atoms. The molecule has 1 aromatic rings. The Balaban J connectivity index is 2.00. The quantitative estimate of drug-likeness (QED) is 0.782. The van der Waals surface area contributed by atoms with Crippen molar-refractivity contribution < 1.29 is 16.8 Å². The van der Waals surface area contributed by atoms with E-state index >= 15 is 0 Å². The summed E-state index contributed by atoms with van der Waals surface area (Å²) in [6.07, 6.45) is 2.47. The first-order chi connectivity index (χ1) is 12.1. The van der Waals surface area contributed by atoms with Gasteiger partial charge in [-0.15, -0.1) is 0 Å². The molecule has 0 aromatic heterocycles. The van der Waals surface area contributed by atoms with Gasteiger partial charge < -0.3 is 0 Å². The van der Waals surface area contributed by atoms with Crippen LogP contribution in [0.15, 0.2) is 23.1 Å². The lowest BCUT2D eigenvalue weighted by Crippen LogP contribution is -2.43. The Bertz CT molecular complexity index is 870. The molecule has 0 amide bonds. The SMILES string of the molecule is Cc1ccc(N2CCCCS2(=O)=O)cc1S(=O)(=O)N1C[C@H](C)C[C@H](C)C1. The maximum absolute atomic E-state index is 13.3. The van der Waals surface area contributed by atoms with E-state index in [0.29, 0.717) is 49.1 Å². The highest BCUT2D eigenvalue weighted by Gasteiger charge is 2.34. The normalized spacial score (nSPS) is 27.4. The van der Waals surface area contributed by atoms with E-state index in [1.54, 1.807) is 23.4 Å². The second kappa shape index (κ2) is 7.13. The van der Waals surface area contributed by atoms with E-state index in [-0.39, 0.29) is 10.6 Å². The fraction of sp³-hybridized carbons (Fsp3) is 0.667. The van der Waals surface area contributed by atoms with Crippen molar-refractivity contribution in [2.24, 2.45) is 11.8 Å². The molecule has 2 saturated heterocycles. The zero-order valence-corrected chi connectivity index (χ0v) is 17.3. The summed E-state index contributed by atoms with van der Waals surface area (Å²) < 4.78 is 54.2. The van der Waals surface area contributed by atoms with Crippen LogP contribution in [0.25, 0.3) is 0 Å². The van der Waals surface area contributed by atoms with Crippen LogP contribution in [0.5, 0.6) is 0 Å². The lowest BCUT2D eigenvalue weighted by Gasteiger charge is -2.34. The smallest absolute Gasteiger partial charge is 0.243 e. The van der Waals surface area contributed by atoms with E-state index in [1.807, 2.05) is 0 Å². The molecular weight excluding hydrogens is 372 g/mol. The van der Waals surface area contributed by atoms with Crippen LogP contribution in [0.2, 0.25) is 0 Å². The van der Waals surface area contributed by atoms with Gasteiger partial charge in [-0.3, -0.25) is 4.31 Å². The van der Waals surface area contributed by atoms with E-state index in [0.717, 1.165) is 12.8 Å². The first-order valence-corrected chi connectivity index (χ1v) is 12.3. The first kappa shape index (κ1) is 19.6. The third kappa shape index (κ3) is 3.77. The topological polar surface area (TPSA) is 74.8 Å². The minimum Gasteiger partial charge on any atom is -0.270 e. The number of hydrogen-bond acceptors (Lipinski definition) is 4. The van der Waals surface area contributed by atoms with Crippen LogP contribution in [-0.2, 0) is 20.0 Å². The number of rotatable bonds is 3. The Labute approximate surface area is 157 Å². The van der Waals surface area contributed by atoms with E-state index in [2.05, 4.69) is 13.8 Å². The molecule has 0 aliphatic carbocycles. The van der Waals surface area contributed by atoms with Crippen molar-refractivity contribution in [3.63, 3.8) is 0 Å². The van der Waals surface area contributed by atoms with Crippen molar-refractivity contribution in [2.45, 2.75) is 44.9 Å². The summed E-state index contributed by atoms with van der Waals surface area (Å²) in [5.74, 6) is 0.753. The van der Waals surface area contributed by atoms with E-state index in [1.165, 1.54) is 10.4 Å². The fourth-order valence-electron chi connectivity index (χ4n) is 4.04. The summed E-state index contributed by atoms with van der Waals surface area (Å²) in [4.78, 5) is 0.220. The van der Waals surface area contributed by atoms with Gasteiger partial charge in [0.05, 0.1) is 16.3 Å². The molecule has 3 rings (SSSR count). The Morgan fingerprint density at radius 3 is 2.35 bits per heavy atom. The molecule has 6 nitrogen and oxygen atoms in total. The van der Waals surface area contributed by atoms with Gasteiger partial charge in [-0.25, -0.2) is 16.8 Å². The molecule has 146 valence electrons. The number of nitrogens with zero attached hydrogens (tertiary/aromatic N) is 2. The van der Waals surface area contributed by atoms with Crippen molar-refractivity contribution in [3.05, 3.63) is 23.8 Å². The van der Waals surface area contributed by atoms with Crippen molar-refractivity contribution >= 4 is 25.7 Å². The molecule has 0 radical (unpaired) electrons. The van der Waals surface area contributed by atoms with Gasteiger partial charge in [-0.1, -0.05) is 19.9 Å². The highest BCUT2D eigenvalue weighted by atomic mass is 32.2. The van der Waals surface area contributed by atoms with Crippen LogP contribution < -0.4 is 4.31 Å². The predicted octanol–water partition coefficient (Wildman–Crippen LogP) is 2.59. The van der Waals surface area contributed by atoms with Gasteiger partial charge >= 0.3 is 0 Å². The van der Waals surface area contributed by atoms with Crippen LogP contribution in [-0.4, -0.2) is 46.5 Å². The van der Waals surface area contributed by atoms with Crippen LogP contribution >= 0.6 is 0 Å². The third-order valence-electron chi connectivity index (χ3n) is 5.26. The Hall–Kier alpha value is -1.12. The lowest BCUT2D eigenvalue weighted by atomic mass is 9.94. The maximum Gasteiger partial charge on any atom is 0.243 e. The van der Waals surface area contributed by atoms with Crippen LogP contribution in [0.1, 0.15) is 38.7 Å². The van der Waals surface area contributed by atoms with Gasteiger partial charge in [-0.05, 0) is 55.7 Å².